The number of carbonyl (C=O) groups is 3. The number of halogens is 2. The lowest BCUT2D eigenvalue weighted by Gasteiger charge is -2.40. The summed E-state index contributed by atoms with van der Waals surface area (Å²) < 4.78 is 67.3. The Hall–Kier alpha value is -5.34. The van der Waals surface area contributed by atoms with Crippen LogP contribution >= 0.6 is 0 Å². The van der Waals surface area contributed by atoms with E-state index >= 15 is 0 Å². The van der Waals surface area contributed by atoms with Crippen LogP contribution in [0.4, 0.5) is 18.4 Å². The molecule has 290 valence electrons. The van der Waals surface area contributed by atoms with Crippen molar-refractivity contribution in [2.45, 2.75) is 61.2 Å². The number of methoxy groups -OCH3 is 1. The third kappa shape index (κ3) is 10.1. The zero-order valence-electron chi connectivity index (χ0n) is 30.4. The molecule has 0 spiro atoms. The van der Waals surface area contributed by atoms with E-state index in [2.05, 4.69) is 10.6 Å². The lowest BCUT2D eigenvalue weighted by atomic mass is 9.84. The molecule has 1 aliphatic carbocycles. The highest BCUT2D eigenvalue weighted by Gasteiger charge is 2.42. The van der Waals surface area contributed by atoms with Crippen LogP contribution in [0.15, 0.2) is 114 Å². The quantitative estimate of drug-likeness (QED) is 0.156. The maximum Gasteiger partial charge on any atom is 0.410 e. The number of carbonyl (C=O) groups excluding carboxylic acids is 3. The van der Waals surface area contributed by atoms with Crippen molar-refractivity contribution in [2.24, 2.45) is 5.92 Å². The number of nitrogens with zero attached hydrogens (tertiary/aromatic N) is 2. The van der Waals surface area contributed by atoms with Gasteiger partial charge in [0.05, 0.1) is 12.0 Å². The summed E-state index contributed by atoms with van der Waals surface area (Å²) in [6.45, 7) is 0.568. The summed E-state index contributed by atoms with van der Waals surface area (Å²) in [6, 6.07) is 26.7. The standard InChI is InChI=1S/C41H44F2N4O7S/c1-53-40(49)45-38(37(29-15-19-32(42)20-16-29)30-17-21-33(43)22-18-30)39(48)44-36-25-31(36)11-8-12-34-26-46(41(50)54-27-28-9-4-2-5-10-28)23-24-47(34)55(51,52)35-13-6-3-7-14-35/h2-7,9-10,13-22,31,34,36-38H,8,11-12,23-27H2,1H3,(H,44,48)(H,45,49). The van der Waals surface area contributed by atoms with Gasteiger partial charge in [0.25, 0.3) is 0 Å². The van der Waals surface area contributed by atoms with Crippen LogP contribution in [0.3, 0.4) is 0 Å². The van der Waals surface area contributed by atoms with E-state index in [1.165, 1.54) is 59.9 Å². The summed E-state index contributed by atoms with van der Waals surface area (Å²) in [5, 5.41) is 5.66. The smallest absolute Gasteiger partial charge is 0.410 e. The highest BCUT2D eigenvalue weighted by Crippen LogP contribution is 2.37. The van der Waals surface area contributed by atoms with Gasteiger partial charge in [0.2, 0.25) is 15.9 Å². The molecule has 4 atom stereocenters. The van der Waals surface area contributed by atoms with E-state index in [1.807, 2.05) is 30.3 Å². The molecular formula is C41H44F2N4O7S. The van der Waals surface area contributed by atoms with Crippen LogP contribution in [0.2, 0.25) is 0 Å². The van der Waals surface area contributed by atoms with Crippen LogP contribution in [0.5, 0.6) is 0 Å². The monoisotopic (exact) mass is 774 g/mol. The van der Waals surface area contributed by atoms with E-state index < -0.39 is 57.8 Å². The largest absolute Gasteiger partial charge is 0.453 e. The van der Waals surface area contributed by atoms with Gasteiger partial charge in [0, 0.05) is 37.6 Å². The second kappa shape index (κ2) is 17.9. The first kappa shape index (κ1) is 39.4. The molecule has 1 saturated heterocycles. The molecule has 0 bridgehead atoms. The second-order valence-corrected chi connectivity index (χ2v) is 15.7. The van der Waals surface area contributed by atoms with Crippen molar-refractivity contribution in [2.75, 3.05) is 26.7 Å². The minimum Gasteiger partial charge on any atom is -0.453 e. The molecule has 1 heterocycles. The Morgan fingerprint density at radius 1 is 0.818 bits per heavy atom. The van der Waals surface area contributed by atoms with Crippen molar-refractivity contribution in [3.8, 4) is 0 Å². The topological polar surface area (TPSA) is 134 Å². The Labute approximate surface area is 319 Å². The van der Waals surface area contributed by atoms with Gasteiger partial charge in [-0.2, -0.15) is 4.31 Å². The van der Waals surface area contributed by atoms with E-state index in [4.69, 9.17) is 9.47 Å². The number of piperazine rings is 1. The molecule has 0 radical (unpaired) electrons. The number of benzene rings is 4. The zero-order valence-corrected chi connectivity index (χ0v) is 31.2. The maximum absolute atomic E-state index is 13.9. The molecule has 55 heavy (non-hydrogen) atoms. The number of nitrogens with one attached hydrogen (secondary N) is 2. The number of sulfonamides is 1. The molecular weight excluding hydrogens is 731 g/mol. The Morgan fingerprint density at radius 3 is 2.02 bits per heavy atom. The normalized spacial score (nSPS) is 19.0. The van der Waals surface area contributed by atoms with Gasteiger partial charge in [-0.15, -0.1) is 0 Å². The summed E-state index contributed by atoms with van der Waals surface area (Å²) in [5.41, 5.74) is 1.90. The van der Waals surface area contributed by atoms with E-state index in [0.29, 0.717) is 36.8 Å². The molecule has 14 heteroatoms. The first-order valence-corrected chi connectivity index (χ1v) is 19.7. The lowest BCUT2D eigenvalue weighted by molar-refractivity contribution is -0.123. The minimum atomic E-state index is -3.85. The molecule has 6 rings (SSSR count). The fourth-order valence-corrected chi connectivity index (χ4v) is 8.79. The summed E-state index contributed by atoms with van der Waals surface area (Å²) in [6.07, 6.45) is 1.08. The maximum atomic E-state index is 13.9. The molecule has 2 fully saturated rings. The number of hydrogen-bond donors (Lipinski definition) is 2. The van der Waals surface area contributed by atoms with Crippen molar-refractivity contribution in [1.82, 2.24) is 19.8 Å². The van der Waals surface area contributed by atoms with E-state index in [9.17, 15) is 31.6 Å². The molecule has 0 aromatic heterocycles. The number of amides is 3. The summed E-state index contributed by atoms with van der Waals surface area (Å²) in [7, 11) is -2.67. The van der Waals surface area contributed by atoms with Gasteiger partial charge in [0.1, 0.15) is 24.3 Å². The fraction of sp³-hybridized carbons (Fsp3) is 0.341. The molecule has 4 unspecified atom stereocenters. The van der Waals surface area contributed by atoms with Gasteiger partial charge < -0.3 is 25.0 Å². The fourth-order valence-electron chi connectivity index (χ4n) is 7.13. The van der Waals surface area contributed by atoms with Crippen molar-refractivity contribution in [3.63, 3.8) is 0 Å². The van der Waals surface area contributed by atoms with Crippen molar-refractivity contribution >= 4 is 28.1 Å². The summed E-state index contributed by atoms with van der Waals surface area (Å²) >= 11 is 0. The predicted molar refractivity (Wildman–Crippen MR) is 200 cm³/mol. The van der Waals surface area contributed by atoms with Crippen LogP contribution in [0.25, 0.3) is 0 Å². The number of hydrogen-bond acceptors (Lipinski definition) is 7. The third-order valence-corrected chi connectivity index (χ3v) is 12.1. The van der Waals surface area contributed by atoms with Crippen molar-refractivity contribution in [3.05, 3.63) is 138 Å². The van der Waals surface area contributed by atoms with E-state index in [0.717, 1.165) is 5.56 Å². The third-order valence-electron chi connectivity index (χ3n) is 10.1. The molecule has 4 aromatic carbocycles. The van der Waals surface area contributed by atoms with Crippen molar-refractivity contribution < 1.29 is 41.1 Å². The van der Waals surface area contributed by atoms with E-state index in [-0.39, 0.29) is 43.1 Å². The van der Waals surface area contributed by atoms with Gasteiger partial charge >= 0.3 is 12.2 Å². The minimum absolute atomic E-state index is 0.0903. The van der Waals surface area contributed by atoms with Crippen molar-refractivity contribution in [1.29, 1.82) is 0 Å². The first-order valence-electron chi connectivity index (χ1n) is 18.2. The van der Waals surface area contributed by atoms with Crippen LogP contribution in [0, 0.1) is 17.6 Å². The molecule has 4 aromatic rings. The lowest BCUT2D eigenvalue weighted by Crippen LogP contribution is -2.56. The average Bonchev–Trinajstić information content (AvgIpc) is 3.95. The Balaban J connectivity index is 1.11. The molecule has 3 amide bonds. The zero-order chi connectivity index (χ0) is 39.0. The second-order valence-electron chi connectivity index (χ2n) is 13.8. The molecule has 1 saturated carbocycles. The van der Waals surface area contributed by atoms with Gasteiger partial charge in [-0.25, -0.2) is 26.8 Å². The predicted octanol–water partition coefficient (Wildman–Crippen LogP) is 6.21. The summed E-state index contributed by atoms with van der Waals surface area (Å²) in [5.74, 6) is -2.16. The average molecular weight is 775 g/mol. The summed E-state index contributed by atoms with van der Waals surface area (Å²) in [4.78, 5) is 41.3. The van der Waals surface area contributed by atoms with Crippen LogP contribution in [0.1, 0.15) is 48.3 Å². The number of ether oxygens (including phenoxy) is 2. The van der Waals surface area contributed by atoms with Gasteiger partial charge in [-0.3, -0.25) is 4.79 Å². The molecule has 2 aliphatic rings. The number of alkyl carbamates (subject to hydrolysis) is 1. The highest BCUT2D eigenvalue weighted by atomic mass is 32.2. The Kier molecular flexibility index (Phi) is 12.8. The van der Waals surface area contributed by atoms with Crippen LogP contribution < -0.4 is 10.6 Å². The number of rotatable bonds is 14. The Morgan fingerprint density at radius 2 is 1.42 bits per heavy atom. The molecule has 11 nitrogen and oxygen atoms in total. The van der Waals surface area contributed by atoms with Crippen LogP contribution in [-0.4, -0.2) is 80.6 Å². The molecule has 2 N–H and O–H groups in total. The van der Waals surface area contributed by atoms with Gasteiger partial charge in [-0.1, -0.05) is 79.2 Å². The SMILES string of the molecule is COC(=O)NC(C(=O)NC1CC1CCCC1CN(C(=O)OCc2ccccc2)CCN1S(=O)(=O)c1ccccc1)C(c1ccc(F)cc1)c1ccc(F)cc1. The van der Waals surface area contributed by atoms with E-state index in [1.54, 1.807) is 35.2 Å². The Bertz CT molecular complexity index is 1980. The first-order chi connectivity index (χ1) is 26.5. The molecule has 1 aliphatic heterocycles. The van der Waals surface area contributed by atoms with Crippen LogP contribution in [-0.2, 0) is 30.9 Å². The van der Waals surface area contributed by atoms with Gasteiger partial charge in [-0.05, 0) is 78.3 Å². The van der Waals surface area contributed by atoms with Gasteiger partial charge in [0.15, 0.2) is 0 Å². The highest BCUT2D eigenvalue weighted by molar-refractivity contribution is 7.89.